The van der Waals surface area contributed by atoms with E-state index in [2.05, 4.69) is 36.8 Å². The van der Waals surface area contributed by atoms with Crippen molar-refractivity contribution in [3.63, 3.8) is 0 Å². The number of nitro benzene ring substituents is 1. The van der Waals surface area contributed by atoms with E-state index < -0.39 is 17.4 Å². The Morgan fingerprint density at radius 2 is 1.73 bits per heavy atom. The van der Waals surface area contributed by atoms with E-state index in [0.717, 1.165) is 14.2 Å². The number of nitrogens with zero attached hydrogens (tertiary/aromatic N) is 3. The van der Waals surface area contributed by atoms with Gasteiger partial charge in [-0.3, -0.25) is 15.1 Å². The predicted molar refractivity (Wildman–Crippen MR) is 128 cm³/mol. The molecule has 0 amide bonds. The summed E-state index contributed by atoms with van der Waals surface area (Å²) in [6.45, 7) is 6.10. The standard InChI is InChI=1S/C21H20Br2N3O3P/c1-21(2,3)30(16-10-12-24-13-11-16,29-20-9-8-15(22)14-17(20)23)25-18-6-4-5-7-19(18)26(27)28/h4-14H,1-3H3/t30-/m1/s1. The quantitative estimate of drug-likeness (QED) is 0.187. The van der Waals surface area contributed by atoms with E-state index in [9.17, 15) is 10.1 Å². The fourth-order valence-electron chi connectivity index (χ4n) is 2.90. The van der Waals surface area contributed by atoms with Crippen molar-refractivity contribution in [3.05, 3.63) is 86.1 Å². The molecule has 0 fully saturated rings. The van der Waals surface area contributed by atoms with Crippen molar-refractivity contribution >= 4 is 55.8 Å². The molecule has 0 aliphatic heterocycles. The SMILES string of the molecule is CC(C)(C)[P@](=Nc1ccccc1[N+](=O)[O-])(Oc1ccc(Br)cc1Br)c1ccncc1. The van der Waals surface area contributed by atoms with Gasteiger partial charge in [-0.2, -0.15) is 0 Å². The average Bonchev–Trinajstić information content (AvgIpc) is 2.69. The summed E-state index contributed by atoms with van der Waals surface area (Å²) in [5.74, 6) is 0.612. The van der Waals surface area contributed by atoms with E-state index in [-0.39, 0.29) is 11.4 Å². The van der Waals surface area contributed by atoms with E-state index in [0.29, 0.717) is 5.75 Å². The van der Waals surface area contributed by atoms with Crippen LogP contribution >= 0.6 is 39.1 Å². The molecule has 0 saturated carbocycles. The zero-order valence-electron chi connectivity index (χ0n) is 16.6. The lowest BCUT2D eigenvalue weighted by Gasteiger charge is -2.37. The van der Waals surface area contributed by atoms with Crippen LogP contribution in [0.5, 0.6) is 5.75 Å². The molecule has 0 aliphatic carbocycles. The van der Waals surface area contributed by atoms with Gasteiger partial charge in [0, 0.05) is 33.4 Å². The first-order valence-electron chi connectivity index (χ1n) is 9.05. The molecule has 0 unspecified atom stereocenters. The second-order valence-corrected chi connectivity index (χ2v) is 12.6. The molecule has 0 saturated heterocycles. The number of halogens is 2. The highest BCUT2D eigenvalue weighted by Gasteiger charge is 2.40. The second kappa shape index (κ2) is 9.00. The number of rotatable bonds is 5. The van der Waals surface area contributed by atoms with Crippen molar-refractivity contribution in [1.29, 1.82) is 0 Å². The summed E-state index contributed by atoms with van der Waals surface area (Å²) in [5.41, 5.74) is 0.231. The van der Waals surface area contributed by atoms with Crippen LogP contribution in [0.1, 0.15) is 20.8 Å². The Bertz CT molecular complexity index is 1130. The number of para-hydroxylation sites is 1. The molecule has 6 nitrogen and oxygen atoms in total. The van der Waals surface area contributed by atoms with E-state index in [1.807, 2.05) is 51.1 Å². The molecule has 0 bridgehead atoms. The summed E-state index contributed by atoms with van der Waals surface area (Å²) in [7, 11) is -2.85. The van der Waals surface area contributed by atoms with E-state index in [1.165, 1.54) is 6.07 Å². The maximum absolute atomic E-state index is 11.6. The molecule has 1 heterocycles. The largest absolute Gasteiger partial charge is 0.454 e. The molecule has 1 aromatic heterocycles. The molecule has 30 heavy (non-hydrogen) atoms. The lowest BCUT2D eigenvalue weighted by Crippen LogP contribution is -2.27. The number of hydrogen-bond donors (Lipinski definition) is 0. The maximum atomic E-state index is 11.6. The van der Waals surface area contributed by atoms with Gasteiger partial charge < -0.3 is 4.52 Å². The van der Waals surface area contributed by atoms with Gasteiger partial charge in [0.1, 0.15) is 11.4 Å². The van der Waals surface area contributed by atoms with Gasteiger partial charge in [0.05, 0.1) is 9.40 Å². The Balaban J connectivity index is 2.37. The topological polar surface area (TPSA) is 77.6 Å². The van der Waals surface area contributed by atoms with Crippen molar-refractivity contribution in [1.82, 2.24) is 4.98 Å². The molecule has 0 aliphatic rings. The third kappa shape index (κ3) is 4.66. The normalized spacial score (nSPS) is 13.4. The van der Waals surface area contributed by atoms with Crippen molar-refractivity contribution < 1.29 is 9.45 Å². The molecule has 0 radical (unpaired) electrons. The Kier molecular flexibility index (Phi) is 6.80. The molecule has 156 valence electrons. The second-order valence-electron chi connectivity index (χ2n) is 7.46. The third-order valence-corrected chi connectivity index (χ3v) is 9.26. The van der Waals surface area contributed by atoms with Crippen LogP contribution in [-0.2, 0) is 0 Å². The molecule has 2 aromatic carbocycles. The van der Waals surface area contributed by atoms with Gasteiger partial charge in [0.2, 0.25) is 0 Å². The molecular formula is C21H20Br2N3O3P. The van der Waals surface area contributed by atoms with E-state index in [1.54, 1.807) is 30.6 Å². The van der Waals surface area contributed by atoms with Crippen LogP contribution in [0.15, 0.2) is 80.7 Å². The van der Waals surface area contributed by atoms with Crippen LogP contribution in [0.2, 0.25) is 0 Å². The molecule has 1 atom stereocenters. The summed E-state index contributed by atoms with van der Waals surface area (Å²) >= 11 is 7.02. The molecule has 0 N–H and O–H groups in total. The van der Waals surface area contributed by atoms with Gasteiger partial charge in [-0.05, 0) is 52.3 Å². The van der Waals surface area contributed by atoms with Crippen LogP contribution < -0.4 is 9.83 Å². The smallest absolute Gasteiger partial charge is 0.294 e. The number of benzene rings is 2. The Morgan fingerprint density at radius 1 is 1.07 bits per heavy atom. The van der Waals surface area contributed by atoms with Crippen molar-refractivity contribution in [2.24, 2.45) is 4.74 Å². The summed E-state index contributed by atoms with van der Waals surface area (Å²) in [4.78, 5) is 15.3. The van der Waals surface area contributed by atoms with Crippen molar-refractivity contribution in [2.75, 3.05) is 0 Å². The van der Waals surface area contributed by atoms with Gasteiger partial charge in [-0.25, -0.2) is 4.74 Å². The number of hydrogen-bond acceptors (Lipinski definition) is 5. The van der Waals surface area contributed by atoms with E-state index >= 15 is 0 Å². The van der Waals surface area contributed by atoms with Crippen LogP contribution in [-0.4, -0.2) is 15.1 Å². The lowest BCUT2D eigenvalue weighted by atomic mass is 10.3. The number of nitro groups is 1. The fraction of sp³-hybridized carbons (Fsp3) is 0.190. The van der Waals surface area contributed by atoms with Gasteiger partial charge in [0.25, 0.3) is 5.69 Å². The zero-order valence-corrected chi connectivity index (χ0v) is 20.7. The molecule has 3 aromatic rings. The summed E-state index contributed by atoms with van der Waals surface area (Å²) < 4.78 is 13.4. The maximum Gasteiger partial charge on any atom is 0.294 e. The van der Waals surface area contributed by atoms with Crippen molar-refractivity contribution in [3.8, 4) is 5.75 Å². The van der Waals surface area contributed by atoms with E-state index in [4.69, 9.17) is 9.27 Å². The Morgan fingerprint density at radius 3 is 2.33 bits per heavy atom. The highest BCUT2D eigenvalue weighted by atomic mass is 79.9. The zero-order chi connectivity index (χ0) is 21.9. The number of aromatic nitrogens is 1. The Hall–Kier alpha value is -2.02. The van der Waals surface area contributed by atoms with Crippen molar-refractivity contribution in [2.45, 2.75) is 25.9 Å². The minimum absolute atomic E-state index is 0.0568. The highest BCUT2D eigenvalue weighted by molar-refractivity contribution is 9.11. The molecule has 0 spiro atoms. The highest BCUT2D eigenvalue weighted by Crippen LogP contribution is 2.63. The van der Waals surface area contributed by atoms with Crippen LogP contribution in [0.25, 0.3) is 0 Å². The third-order valence-electron chi connectivity index (χ3n) is 4.37. The van der Waals surface area contributed by atoms with Crippen LogP contribution in [0, 0.1) is 10.1 Å². The van der Waals surface area contributed by atoms with Gasteiger partial charge in [-0.15, -0.1) is 0 Å². The first kappa shape index (κ1) is 22.7. The first-order valence-corrected chi connectivity index (χ1v) is 12.3. The van der Waals surface area contributed by atoms with Gasteiger partial charge in [-0.1, -0.05) is 48.8 Å². The molecular weight excluding hydrogens is 533 g/mol. The summed E-state index contributed by atoms with van der Waals surface area (Å²) in [5, 5.41) is 12.0. The molecule has 3 rings (SSSR count). The minimum atomic E-state index is -2.85. The Labute approximate surface area is 192 Å². The van der Waals surface area contributed by atoms with Crippen LogP contribution in [0.3, 0.4) is 0 Å². The summed E-state index contributed by atoms with van der Waals surface area (Å²) in [6.07, 6.45) is 3.37. The lowest BCUT2D eigenvalue weighted by molar-refractivity contribution is -0.384. The fourth-order valence-corrected chi connectivity index (χ4v) is 7.21. The summed E-state index contributed by atoms with van der Waals surface area (Å²) in [6, 6.07) is 15.8. The predicted octanol–water partition coefficient (Wildman–Crippen LogP) is 7.47. The monoisotopic (exact) mass is 551 g/mol. The minimum Gasteiger partial charge on any atom is -0.454 e. The molecule has 9 heteroatoms. The first-order chi connectivity index (χ1) is 14.1. The average molecular weight is 553 g/mol. The van der Waals surface area contributed by atoms with Gasteiger partial charge in [0.15, 0.2) is 7.28 Å². The van der Waals surface area contributed by atoms with Gasteiger partial charge >= 0.3 is 0 Å². The van der Waals surface area contributed by atoms with Crippen LogP contribution in [0.4, 0.5) is 11.4 Å². The number of pyridine rings is 1.